The zero-order valence-corrected chi connectivity index (χ0v) is 7.65. The smallest absolute Gasteiger partial charge is 0.327 e. The summed E-state index contributed by atoms with van der Waals surface area (Å²) in [5.74, 6) is 0. The standard InChI is InChI=1S/C8H14N2O2/c1-7(12-3)6-10-5-4-9(2)8(10)11/h4-5,7H,6H2,1-3H3. The molecule has 0 spiro atoms. The molecule has 0 aliphatic heterocycles. The van der Waals surface area contributed by atoms with Gasteiger partial charge in [0.15, 0.2) is 0 Å². The molecule has 0 radical (unpaired) electrons. The molecular weight excluding hydrogens is 156 g/mol. The lowest BCUT2D eigenvalue weighted by atomic mass is 10.4. The van der Waals surface area contributed by atoms with Crippen LogP contribution in [-0.4, -0.2) is 22.3 Å². The Morgan fingerprint density at radius 2 is 2.25 bits per heavy atom. The Morgan fingerprint density at radius 1 is 1.58 bits per heavy atom. The van der Waals surface area contributed by atoms with Gasteiger partial charge < -0.3 is 9.30 Å². The fourth-order valence-corrected chi connectivity index (χ4v) is 1.00. The first-order valence-corrected chi connectivity index (χ1v) is 3.89. The van der Waals surface area contributed by atoms with Crippen molar-refractivity contribution in [3.05, 3.63) is 22.9 Å². The summed E-state index contributed by atoms with van der Waals surface area (Å²) < 4.78 is 8.23. The van der Waals surface area contributed by atoms with Gasteiger partial charge in [0.2, 0.25) is 0 Å². The van der Waals surface area contributed by atoms with Gasteiger partial charge in [-0.3, -0.25) is 4.57 Å². The number of rotatable bonds is 3. The fourth-order valence-electron chi connectivity index (χ4n) is 1.00. The minimum atomic E-state index is -0.00102. The van der Waals surface area contributed by atoms with E-state index in [9.17, 15) is 4.79 Å². The predicted octanol–water partition coefficient (Wildman–Crippen LogP) is 0.222. The van der Waals surface area contributed by atoms with Gasteiger partial charge in [0.05, 0.1) is 12.6 Å². The van der Waals surface area contributed by atoms with Crippen LogP contribution < -0.4 is 5.69 Å². The summed E-state index contributed by atoms with van der Waals surface area (Å²) in [6.45, 7) is 2.54. The Morgan fingerprint density at radius 3 is 2.67 bits per heavy atom. The van der Waals surface area contributed by atoms with Crippen molar-refractivity contribution in [3.63, 3.8) is 0 Å². The summed E-state index contributed by atoms with van der Waals surface area (Å²) in [7, 11) is 3.37. The van der Waals surface area contributed by atoms with E-state index in [2.05, 4.69) is 0 Å². The number of aryl methyl sites for hydroxylation is 1. The van der Waals surface area contributed by atoms with Crippen molar-refractivity contribution in [2.75, 3.05) is 7.11 Å². The number of hydrogen-bond donors (Lipinski definition) is 0. The molecule has 4 nitrogen and oxygen atoms in total. The highest BCUT2D eigenvalue weighted by Crippen LogP contribution is 1.91. The lowest BCUT2D eigenvalue weighted by Gasteiger charge is -2.08. The molecule has 1 heterocycles. The van der Waals surface area contributed by atoms with E-state index in [1.54, 1.807) is 35.7 Å². The van der Waals surface area contributed by atoms with Crippen molar-refractivity contribution < 1.29 is 4.74 Å². The second-order valence-electron chi connectivity index (χ2n) is 2.89. The van der Waals surface area contributed by atoms with Crippen molar-refractivity contribution >= 4 is 0 Å². The maximum absolute atomic E-state index is 11.3. The van der Waals surface area contributed by atoms with Crippen molar-refractivity contribution in [2.24, 2.45) is 7.05 Å². The normalized spacial score (nSPS) is 13.2. The lowest BCUT2D eigenvalue weighted by Crippen LogP contribution is -2.26. The third-order valence-electron chi connectivity index (χ3n) is 1.87. The van der Waals surface area contributed by atoms with Crippen LogP contribution in [0.1, 0.15) is 6.92 Å². The maximum Gasteiger partial charge on any atom is 0.327 e. The monoisotopic (exact) mass is 170 g/mol. The van der Waals surface area contributed by atoms with Gasteiger partial charge in [-0.1, -0.05) is 0 Å². The van der Waals surface area contributed by atoms with Crippen molar-refractivity contribution in [1.29, 1.82) is 0 Å². The van der Waals surface area contributed by atoms with Crippen LogP contribution in [0.3, 0.4) is 0 Å². The molecule has 1 unspecified atom stereocenters. The molecule has 12 heavy (non-hydrogen) atoms. The van der Waals surface area contributed by atoms with E-state index in [-0.39, 0.29) is 11.8 Å². The number of methoxy groups -OCH3 is 1. The van der Waals surface area contributed by atoms with Gasteiger partial charge in [-0.25, -0.2) is 4.79 Å². The topological polar surface area (TPSA) is 36.2 Å². The van der Waals surface area contributed by atoms with Crippen molar-refractivity contribution in [3.8, 4) is 0 Å². The molecule has 0 saturated carbocycles. The molecule has 0 amide bonds. The molecule has 0 fully saturated rings. The molecule has 4 heteroatoms. The van der Waals surface area contributed by atoms with Crippen LogP contribution in [0.2, 0.25) is 0 Å². The number of hydrogen-bond acceptors (Lipinski definition) is 2. The molecule has 0 aliphatic carbocycles. The van der Waals surface area contributed by atoms with Gasteiger partial charge in [-0.2, -0.15) is 0 Å². The molecule has 1 atom stereocenters. The first-order valence-electron chi connectivity index (χ1n) is 3.89. The second-order valence-corrected chi connectivity index (χ2v) is 2.89. The van der Waals surface area contributed by atoms with E-state index in [4.69, 9.17) is 4.74 Å². The average Bonchev–Trinajstić information content (AvgIpc) is 2.36. The zero-order chi connectivity index (χ0) is 9.14. The van der Waals surface area contributed by atoms with Gasteiger partial charge in [0.1, 0.15) is 0 Å². The number of imidazole rings is 1. The van der Waals surface area contributed by atoms with Crippen LogP contribution in [0.4, 0.5) is 0 Å². The summed E-state index contributed by atoms with van der Waals surface area (Å²) >= 11 is 0. The van der Waals surface area contributed by atoms with Crippen LogP contribution >= 0.6 is 0 Å². The molecule has 0 aliphatic rings. The van der Waals surface area contributed by atoms with E-state index < -0.39 is 0 Å². The van der Waals surface area contributed by atoms with Gasteiger partial charge in [-0.05, 0) is 6.92 Å². The van der Waals surface area contributed by atoms with Crippen LogP contribution in [-0.2, 0) is 18.3 Å². The highest BCUT2D eigenvalue weighted by Gasteiger charge is 2.03. The maximum atomic E-state index is 11.3. The van der Waals surface area contributed by atoms with Gasteiger partial charge >= 0.3 is 5.69 Å². The Bertz CT molecular complexity index is 300. The first-order chi connectivity index (χ1) is 5.65. The van der Waals surface area contributed by atoms with Gasteiger partial charge in [0, 0.05) is 26.6 Å². The van der Waals surface area contributed by atoms with E-state index in [0.717, 1.165) is 0 Å². The molecule has 1 aromatic rings. The second kappa shape index (κ2) is 3.58. The summed E-state index contributed by atoms with van der Waals surface area (Å²) in [6, 6.07) is 0. The number of ether oxygens (including phenoxy) is 1. The van der Waals surface area contributed by atoms with Crippen LogP contribution in [0.15, 0.2) is 17.2 Å². The number of aromatic nitrogens is 2. The van der Waals surface area contributed by atoms with Crippen LogP contribution in [0.25, 0.3) is 0 Å². The Hall–Kier alpha value is -1.03. The molecule has 68 valence electrons. The Kier molecular flexibility index (Phi) is 2.70. The summed E-state index contributed by atoms with van der Waals surface area (Å²) in [5.41, 5.74) is -0.00102. The molecule has 0 N–H and O–H groups in total. The molecule has 1 rings (SSSR count). The van der Waals surface area contributed by atoms with Crippen molar-refractivity contribution in [1.82, 2.24) is 9.13 Å². The molecule has 0 aromatic carbocycles. The largest absolute Gasteiger partial charge is 0.380 e. The highest BCUT2D eigenvalue weighted by atomic mass is 16.5. The Balaban J connectivity index is 2.76. The summed E-state index contributed by atoms with van der Waals surface area (Å²) in [4.78, 5) is 11.3. The molecule has 0 saturated heterocycles. The zero-order valence-electron chi connectivity index (χ0n) is 7.65. The number of nitrogens with zero attached hydrogens (tertiary/aromatic N) is 2. The minimum absolute atomic E-state index is 0.00102. The molecule has 0 bridgehead atoms. The van der Waals surface area contributed by atoms with E-state index in [1.165, 1.54) is 0 Å². The van der Waals surface area contributed by atoms with Gasteiger partial charge in [-0.15, -0.1) is 0 Å². The Labute approximate surface area is 71.4 Å². The van der Waals surface area contributed by atoms with E-state index in [1.807, 2.05) is 6.92 Å². The molecule has 1 aromatic heterocycles. The average molecular weight is 170 g/mol. The summed E-state index contributed by atoms with van der Waals surface area (Å²) in [5, 5.41) is 0. The summed E-state index contributed by atoms with van der Waals surface area (Å²) in [6.07, 6.45) is 3.58. The lowest BCUT2D eigenvalue weighted by molar-refractivity contribution is 0.102. The predicted molar refractivity (Wildman–Crippen MR) is 46.1 cm³/mol. The quantitative estimate of drug-likeness (QED) is 0.650. The third kappa shape index (κ3) is 1.76. The van der Waals surface area contributed by atoms with Crippen molar-refractivity contribution in [2.45, 2.75) is 19.6 Å². The van der Waals surface area contributed by atoms with Crippen LogP contribution in [0, 0.1) is 0 Å². The molecular formula is C8H14N2O2. The third-order valence-corrected chi connectivity index (χ3v) is 1.87. The minimum Gasteiger partial charge on any atom is -0.380 e. The fraction of sp³-hybridized carbons (Fsp3) is 0.625. The first kappa shape index (κ1) is 9.06. The van der Waals surface area contributed by atoms with Crippen LogP contribution in [0.5, 0.6) is 0 Å². The van der Waals surface area contributed by atoms with E-state index >= 15 is 0 Å². The van der Waals surface area contributed by atoms with Gasteiger partial charge in [0.25, 0.3) is 0 Å². The van der Waals surface area contributed by atoms with E-state index in [0.29, 0.717) is 6.54 Å². The highest BCUT2D eigenvalue weighted by molar-refractivity contribution is 4.80. The SMILES string of the molecule is COC(C)Cn1ccn(C)c1=O.